The van der Waals surface area contributed by atoms with Gasteiger partial charge < -0.3 is 11.1 Å². The molecule has 3 aromatic carbocycles. The van der Waals surface area contributed by atoms with Gasteiger partial charge in [-0.15, -0.1) is 0 Å². The zero-order valence-electron chi connectivity index (χ0n) is 18.7. The summed E-state index contributed by atoms with van der Waals surface area (Å²) in [7, 11) is 0. The standard InChI is InChI=1S/C27H22ClF2N5.CH4/c28-18-9-10-20-21(13-18)26(24-22(29)7-2-8-23(24)30)32-14-17-15-33-27(35-25(17)20)34-19-6-1-4-16(12-19)5-3-11-31;/h1-2,4,6-10,12-13,15H,3,5,11,14,31H2,(H,33,34,35);1H4. The number of benzene rings is 3. The molecular formula is C28H26ClF2N5. The Bertz CT molecular complexity index is 1420. The fourth-order valence-electron chi connectivity index (χ4n) is 4.16. The second-order valence-corrected chi connectivity index (χ2v) is 8.67. The van der Waals surface area contributed by atoms with E-state index in [2.05, 4.69) is 21.4 Å². The zero-order chi connectivity index (χ0) is 24.4. The number of hydrogen-bond donors (Lipinski definition) is 2. The Balaban J connectivity index is 0.00000304. The first-order chi connectivity index (χ1) is 17.0. The molecule has 5 rings (SSSR count). The monoisotopic (exact) mass is 505 g/mol. The average molecular weight is 506 g/mol. The van der Waals surface area contributed by atoms with Gasteiger partial charge in [-0.2, -0.15) is 0 Å². The normalized spacial score (nSPS) is 12.1. The summed E-state index contributed by atoms with van der Waals surface area (Å²) in [5.74, 6) is -0.978. The summed E-state index contributed by atoms with van der Waals surface area (Å²) >= 11 is 6.28. The van der Waals surface area contributed by atoms with Crippen LogP contribution in [0.15, 0.2) is 71.9 Å². The minimum atomic E-state index is -0.691. The van der Waals surface area contributed by atoms with Crippen LogP contribution in [-0.2, 0) is 13.0 Å². The molecule has 3 N–H and O–H groups in total. The van der Waals surface area contributed by atoms with E-state index in [1.807, 2.05) is 18.2 Å². The van der Waals surface area contributed by atoms with E-state index in [9.17, 15) is 8.78 Å². The zero-order valence-corrected chi connectivity index (χ0v) is 19.5. The smallest absolute Gasteiger partial charge is 0.227 e. The minimum Gasteiger partial charge on any atom is -0.330 e. The number of aryl methyl sites for hydroxylation is 1. The van der Waals surface area contributed by atoms with Crippen molar-refractivity contribution in [2.24, 2.45) is 10.7 Å². The lowest BCUT2D eigenvalue weighted by Crippen LogP contribution is -2.10. The Labute approximate surface area is 214 Å². The molecule has 0 atom stereocenters. The number of nitrogens with one attached hydrogen (secondary N) is 1. The van der Waals surface area contributed by atoms with Crippen LogP contribution in [0.3, 0.4) is 0 Å². The molecular weight excluding hydrogens is 480 g/mol. The van der Waals surface area contributed by atoms with E-state index in [-0.39, 0.29) is 25.2 Å². The number of halogens is 3. The van der Waals surface area contributed by atoms with Gasteiger partial charge in [-0.25, -0.2) is 18.7 Å². The van der Waals surface area contributed by atoms with E-state index in [1.165, 1.54) is 23.8 Å². The van der Waals surface area contributed by atoms with Crippen molar-refractivity contribution in [1.82, 2.24) is 9.97 Å². The molecule has 0 unspecified atom stereocenters. The predicted molar refractivity (Wildman–Crippen MR) is 142 cm³/mol. The summed E-state index contributed by atoms with van der Waals surface area (Å²) in [5.41, 5.74) is 10.2. The van der Waals surface area contributed by atoms with Crippen molar-refractivity contribution >= 4 is 28.9 Å². The van der Waals surface area contributed by atoms with Gasteiger partial charge >= 0.3 is 0 Å². The molecule has 1 aliphatic rings. The molecule has 36 heavy (non-hydrogen) atoms. The van der Waals surface area contributed by atoms with Crippen molar-refractivity contribution in [2.45, 2.75) is 26.8 Å². The van der Waals surface area contributed by atoms with E-state index in [1.54, 1.807) is 24.4 Å². The number of nitrogens with two attached hydrogens (primary N) is 1. The number of fused-ring (bicyclic) bond motifs is 3. The van der Waals surface area contributed by atoms with Crippen LogP contribution in [0, 0.1) is 11.6 Å². The van der Waals surface area contributed by atoms with Crippen LogP contribution in [0.1, 0.15) is 36.1 Å². The van der Waals surface area contributed by atoms with E-state index >= 15 is 0 Å². The quantitative estimate of drug-likeness (QED) is 0.306. The van der Waals surface area contributed by atoms with Crippen LogP contribution in [0.5, 0.6) is 0 Å². The average Bonchev–Trinajstić information content (AvgIpc) is 3.00. The lowest BCUT2D eigenvalue weighted by Gasteiger charge is -2.13. The van der Waals surface area contributed by atoms with Gasteiger partial charge in [0.05, 0.1) is 23.5 Å². The van der Waals surface area contributed by atoms with Crippen LogP contribution in [0.25, 0.3) is 11.3 Å². The molecule has 0 spiro atoms. The lowest BCUT2D eigenvalue weighted by molar-refractivity contribution is 0.579. The predicted octanol–water partition coefficient (Wildman–Crippen LogP) is 6.70. The molecule has 0 amide bonds. The van der Waals surface area contributed by atoms with Gasteiger partial charge in [0.15, 0.2) is 0 Å². The molecule has 2 heterocycles. The van der Waals surface area contributed by atoms with Gasteiger partial charge in [0, 0.05) is 33.6 Å². The van der Waals surface area contributed by atoms with Crippen molar-refractivity contribution in [3.63, 3.8) is 0 Å². The highest BCUT2D eigenvalue weighted by Gasteiger charge is 2.25. The number of aliphatic imine (C=N–C) groups is 1. The fourth-order valence-corrected chi connectivity index (χ4v) is 4.33. The van der Waals surface area contributed by atoms with E-state index < -0.39 is 11.6 Å². The highest BCUT2D eigenvalue weighted by Crippen LogP contribution is 2.34. The van der Waals surface area contributed by atoms with Crippen LogP contribution in [-0.4, -0.2) is 22.2 Å². The maximum Gasteiger partial charge on any atom is 0.227 e. The van der Waals surface area contributed by atoms with Gasteiger partial charge in [0.25, 0.3) is 0 Å². The fraction of sp³-hybridized carbons (Fsp3) is 0.179. The third-order valence-corrected chi connectivity index (χ3v) is 6.05. The Morgan fingerprint density at radius 2 is 1.75 bits per heavy atom. The summed E-state index contributed by atoms with van der Waals surface area (Å²) < 4.78 is 29.4. The second-order valence-electron chi connectivity index (χ2n) is 8.24. The number of hydrogen-bond acceptors (Lipinski definition) is 5. The first-order valence-corrected chi connectivity index (χ1v) is 11.6. The summed E-state index contributed by atoms with van der Waals surface area (Å²) in [6.07, 6.45) is 3.48. The topological polar surface area (TPSA) is 76.2 Å². The van der Waals surface area contributed by atoms with Gasteiger partial charge in [-0.05, 0) is 61.3 Å². The maximum absolute atomic E-state index is 14.7. The molecule has 0 aliphatic carbocycles. The molecule has 1 aliphatic heterocycles. The molecule has 0 radical (unpaired) electrons. The summed E-state index contributed by atoms with van der Waals surface area (Å²) in [6, 6.07) is 16.9. The van der Waals surface area contributed by atoms with Crippen LogP contribution < -0.4 is 11.1 Å². The summed E-state index contributed by atoms with van der Waals surface area (Å²) in [4.78, 5) is 13.8. The van der Waals surface area contributed by atoms with Crippen molar-refractivity contribution in [3.05, 3.63) is 106 Å². The minimum absolute atomic E-state index is 0. The van der Waals surface area contributed by atoms with Crippen molar-refractivity contribution in [3.8, 4) is 11.3 Å². The Morgan fingerprint density at radius 1 is 0.972 bits per heavy atom. The van der Waals surface area contributed by atoms with E-state index in [0.717, 1.165) is 24.1 Å². The highest BCUT2D eigenvalue weighted by atomic mass is 35.5. The molecule has 5 nitrogen and oxygen atoms in total. The van der Waals surface area contributed by atoms with Crippen LogP contribution in [0.4, 0.5) is 20.4 Å². The Kier molecular flexibility index (Phi) is 7.72. The molecule has 8 heteroatoms. The number of aromatic nitrogens is 2. The summed E-state index contributed by atoms with van der Waals surface area (Å²) in [6.45, 7) is 0.801. The summed E-state index contributed by atoms with van der Waals surface area (Å²) in [5, 5.41) is 3.69. The second kappa shape index (κ2) is 10.9. The van der Waals surface area contributed by atoms with Gasteiger partial charge in [0.1, 0.15) is 11.6 Å². The number of nitrogens with zero attached hydrogens (tertiary/aromatic N) is 3. The van der Waals surface area contributed by atoms with Gasteiger partial charge in [-0.1, -0.05) is 43.3 Å². The van der Waals surface area contributed by atoms with Crippen molar-refractivity contribution in [2.75, 3.05) is 11.9 Å². The maximum atomic E-state index is 14.7. The molecule has 0 saturated carbocycles. The first-order valence-electron chi connectivity index (χ1n) is 11.2. The SMILES string of the molecule is C.NCCCc1cccc(Nc2ncc3c(n2)-c2ccc(Cl)cc2C(c2c(F)cccc2F)=NC3)c1. The largest absolute Gasteiger partial charge is 0.330 e. The third-order valence-electron chi connectivity index (χ3n) is 5.82. The van der Waals surface area contributed by atoms with E-state index in [0.29, 0.717) is 34.3 Å². The molecule has 4 aromatic rings. The van der Waals surface area contributed by atoms with Gasteiger partial charge in [-0.3, -0.25) is 4.99 Å². The molecule has 1 aromatic heterocycles. The lowest BCUT2D eigenvalue weighted by atomic mass is 9.95. The molecule has 0 bridgehead atoms. The van der Waals surface area contributed by atoms with Gasteiger partial charge in [0.2, 0.25) is 5.95 Å². The third kappa shape index (κ3) is 5.12. The Hall–Kier alpha value is -3.68. The van der Waals surface area contributed by atoms with Crippen LogP contribution >= 0.6 is 11.6 Å². The highest BCUT2D eigenvalue weighted by molar-refractivity contribution is 6.31. The number of rotatable bonds is 6. The first kappa shape index (κ1) is 25.4. The molecule has 0 fully saturated rings. The molecule has 184 valence electrons. The van der Waals surface area contributed by atoms with E-state index in [4.69, 9.17) is 22.3 Å². The Morgan fingerprint density at radius 3 is 2.53 bits per heavy atom. The number of anilines is 2. The molecule has 0 saturated heterocycles. The van der Waals surface area contributed by atoms with Crippen molar-refractivity contribution in [1.29, 1.82) is 0 Å². The van der Waals surface area contributed by atoms with Crippen molar-refractivity contribution < 1.29 is 8.78 Å². The van der Waals surface area contributed by atoms with Crippen LogP contribution in [0.2, 0.25) is 5.02 Å².